The van der Waals surface area contributed by atoms with Gasteiger partial charge in [0.1, 0.15) is 17.2 Å². The van der Waals surface area contributed by atoms with Crippen molar-refractivity contribution in [1.29, 1.82) is 0 Å². The summed E-state index contributed by atoms with van der Waals surface area (Å²) in [6, 6.07) is 10.4. The number of phenolic OH excluding ortho intramolecular Hbond substituents is 1. The van der Waals surface area contributed by atoms with Crippen LogP contribution in [-0.4, -0.2) is 21.7 Å². The van der Waals surface area contributed by atoms with Crippen molar-refractivity contribution >= 4 is 11.6 Å². The smallest absolute Gasteiger partial charge is 0.242 e. The number of nitrogens with zero attached hydrogens (tertiary/aromatic N) is 2. The van der Waals surface area contributed by atoms with E-state index in [2.05, 4.69) is 5.10 Å². The van der Waals surface area contributed by atoms with Crippen LogP contribution in [0.2, 0.25) is 0 Å². The van der Waals surface area contributed by atoms with E-state index in [1.165, 1.54) is 5.01 Å². The highest BCUT2D eigenvalue weighted by atomic mass is 16.3. The van der Waals surface area contributed by atoms with E-state index >= 15 is 0 Å². The summed E-state index contributed by atoms with van der Waals surface area (Å²) in [6.45, 7) is 1.81. The predicted octanol–water partition coefficient (Wildman–Crippen LogP) is 3.07. The Bertz CT molecular complexity index is 677. The van der Waals surface area contributed by atoms with Crippen molar-refractivity contribution in [3.63, 3.8) is 0 Å². The lowest BCUT2D eigenvalue weighted by molar-refractivity contribution is -0.132. The Morgan fingerprint density at radius 1 is 1.43 bits per heavy atom. The number of benzene rings is 1. The van der Waals surface area contributed by atoms with Crippen LogP contribution in [0.25, 0.3) is 0 Å². The molecule has 1 N–H and O–H groups in total. The first kappa shape index (κ1) is 13.4. The van der Waals surface area contributed by atoms with Gasteiger partial charge < -0.3 is 9.52 Å². The van der Waals surface area contributed by atoms with Gasteiger partial charge in [0.05, 0.1) is 12.3 Å². The molecular formula is C16H16N2O3. The number of phenols is 1. The maximum atomic E-state index is 12.1. The van der Waals surface area contributed by atoms with E-state index in [1.807, 2.05) is 19.1 Å². The molecule has 2 aromatic rings. The van der Waals surface area contributed by atoms with Gasteiger partial charge in [0.25, 0.3) is 0 Å². The summed E-state index contributed by atoms with van der Waals surface area (Å²) in [5.41, 5.74) is 1.61. The molecule has 3 rings (SSSR count). The zero-order chi connectivity index (χ0) is 14.8. The summed E-state index contributed by atoms with van der Waals surface area (Å²) in [5, 5.41) is 15.6. The van der Waals surface area contributed by atoms with Gasteiger partial charge in [-0.2, -0.15) is 5.10 Å². The quantitative estimate of drug-likeness (QED) is 0.942. The van der Waals surface area contributed by atoms with Crippen LogP contribution in [0.5, 0.6) is 5.75 Å². The molecular weight excluding hydrogens is 268 g/mol. The molecule has 1 aromatic heterocycles. The van der Waals surface area contributed by atoms with Crippen LogP contribution in [-0.2, 0) is 4.79 Å². The lowest BCUT2D eigenvalue weighted by Gasteiger charge is -2.21. The van der Waals surface area contributed by atoms with Crippen LogP contribution in [0.3, 0.4) is 0 Å². The number of rotatable bonds is 3. The molecule has 0 unspecified atom stereocenters. The fourth-order valence-electron chi connectivity index (χ4n) is 2.49. The van der Waals surface area contributed by atoms with Crippen molar-refractivity contribution in [3.8, 4) is 5.75 Å². The first-order chi connectivity index (χ1) is 10.2. The molecule has 108 valence electrons. The maximum Gasteiger partial charge on any atom is 0.242 e. The van der Waals surface area contributed by atoms with Crippen LogP contribution in [0, 0.1) is 0 Å². The topological polar surface area (TPSA) is 66.0 Å². The van der Waals surface area contributed by atoms with E-state index < -0.39 is 0 Å². The predicted molar refractivity (Wildman–Crippen MR) is 77.8 cm³/mol. The van der Waals surface area contributed by atoms with Crippen LogP contribution < -0.4 is 0 Å². The molecule has 1 aliphatic heterocycles. The summed E-state index contributed by atoms with van der Waals surface area (Å²) < 4.78 is 5.37. The van der Waals surface area contributed by atoms with E-state index in [0.29, 0.717) is 18.6 Å². The van der Waals surface area contributed by atoms with Crippen LogP contribution in [0.1, 0.15) is 37.1 Å². The second-order valence-corrected chi connectivity index (χ2v) is 4.93. The molecule has 5 nitrogen and oxygen atoms in total. The molecule has 1 atom stereocenters. The highest BCUT2D eigenvalue weighted by molar-refractivity contribution is 6.01. The monoisotopic (exact) mass is 284 g/mol. The highest BCUT2D eigenvalue weighted by Gasteiger charge is 2.33. The standard InChI is InChI=1S/C16H16N2O3/c1-2-16(20)18-14(11-5-3-6-12(19)9-11)10-13(17-18)15-7-4-8-21-15/h3-9,14,19H,2,10H2,1H3/t14-/m1/s1. The van der Waals surface area contributed by atoms with Gasteiger partial charge in [-0.1, -0.05) is 19.1 Å². The number of amides is 1. The molecule has 0 spiro atoms. The van der Waals surface area contributed by atoms with Crippen molar-refractivity contribution < 1.29 is 14.3 Å². The van der Waals surface area contributed by atoms with Gasteiger partial charge in [0.2, 0.25) is 5.91 Å². The normalized spacial score (nSPS) is 17.9. The number of hydrogen-bond donors (Lipinski definition) is 1. The van der Waals surface area contributed by atoms with Crippen molar-refractivity contribution in [2.24, 2.45) is 5.10 Å². The Morgan fingerprint density at radius 3 is 2.95 bits per heavy atom. The zero-order valence-electron chi connectivity index (χ0n) is 11.7. The number of hydrogen-bond acceptors (Lipinski definition) is 4. The number of aromatic hydroxyl groups is 1. The molecule has 1 aliphatic rings. The fraction of sp³-hybridized carbons (Fsp3) is 0.250. The van der Waals surface area contributed by atoms with Crippen LogP contribution in [0.15, 0.2) is 52.2 Å². The van der Waals surface area contributed by atoms with Crippen LogP contribution >= 0.6 is 0 Å². The summed E-state index contributed by atoms with van der Waals surface area (Å²) in [6.07, 6.45) is 2.54. The van der Waals surface area contributed by atoms with Gasteiger partial charge in [-0.05, 0) is 29.8 Å². The summed E-state index contributed by atoms with van der Waals surface area (Å²) in [7, 11) is 0. The number of carbonyl (C=O) groups excluding carboxylic acids is 1. The molecule has 0 bridgehead atoms. The Kier molecular flexibility index (Phi) is 3.48. The third-order valence-corrected chi connectivity index (χ3v) is 3.53. The average molecular weight is 284 g/mol. The van der Waals surface area contributed by atoms with Crippen molar-refractivity contribution in [2.75, 3.05) is 0 Å². The average Bonchev–Trinajstić information content (AvgIpc) is 3.15. The zero-order valence-corrected chi connectivity index (χ0v) is 11.7. The molecule has 0 radical (unpaired) electrons. The second kappa shape index (κ2) is 5.44. The SMILES string of the molecule is CCC(=O)N1N=C(c2ccco2)C[C@@H]1c1cccc(O)c1. The Hall–Kier alpha value is -2.56. The van der Waals surface area contributed by atoms with Gasteiger partial charge in [-0.25, -0.2) is 5.01 Å². The third-order valence-electron chi connectivity index (χ3n) is 3.53. The minimum absolute atomic E-state index is 0.0510. The Labute approximate surface area is 122 Å². The van der Waals surface area contributed by atoms with Gasteiger partial charge in [-0.3, -0.25) is 4.79 Å². The van der Waals surface area contributed by atoms with Gasteiger partial charge in [0, 0.05) is 12.8 Å². The second-order valence-electron chi connectivity index (χ2n) is 4.93. The molecule has 21 heavy (non-hydrogen) atoms. The molecule has 0 aliphatic carbocycles. The van der Waals surface area contributed by atoms with Crippen LogP contribution in [0.4, 0.5) is 0 Å². The van der Waals surface area contributed by atoms with E-state index in [4.69, 9.17) is 4.42 Å². The number of carbonyl (C=O) groups is 1. The number of furan rings is 1. The lowest BCUT2D eigenvalue weighted by Crippen LogP contribution is -2.26. The Balaban J connectivity index is 1.95. The molecule has 5 heteroatoms. The van der Waals surface area contributed by atoms with Crippen molar-refractivity contribution in [1.82, 2.24) is 5.01 Å². The lowest BCUT2D eigenvalue weighted by atomic mass is 10.0. The fourth-order valence-corrected chi connectivity index (χ4v) is 2.49. The highest BCUT2D eigenvalue weighted by Crippen LogP contribution is 2.34. The van der Waals surface area contributed by atoms with Crippen molar-refractivity contribution in [3.05, 3.63) is 54.0 Å². The first-order valence-electron chi connectivity index (χ1n) is 6.91. The molecule has 1 aromatic carbocycles. The minimum Gasteiger partial charge on any atom is -0.508 e. The van der Waals surface area contributed by atoms with Crippen molar-refractivity contribution in [2.45, 2.75) is 25.8 Å². The molecule has 2 heterocycles. The molecule has 0 fully saturated rings. The maximum absolute atomic E-state index is 12.1. The minimum atomic E-state index is -0.204. The van der Waals surface area contributed by atoms with Gasteiger partial charge in [-0.15, -0.1) is 0 Å². The molecule has 0 saturated carbocycles. The van der Waals surface area contributed by atoms with E-state index in [-0.39, 0.29) is 17.7 Å². The molecule has 0 saturated heterocycles. The third kappa shape index (κ3) is 2.54. The van der Waals surface area contributed by atoms with Gasteiger partial charge in [0.15, 0.2) is 0 Å². The largest absolute Gasteiger partial charge is 0.508 e. The van der Waals surface area contributed by atoms with Gasteiger partial charge >= 0.3 is 0 Å². The summed E-state index contributed by atoms with van der Waals surface area (Å²) in [4.78, 5) is 12.1. The van der Waals surface area contributed by atoms with E-state index in [0.717, 1.165) is 11.3 Å². The summed E-state index contributed by atoms with van der Waals surface area (Å²) >= 11 is 0. The molecule has 1 amide bonds. The number of hydrazone groups is 1. The first-order valence-corrected chi connectivity index (χ1v) is 6.91. The summed E-state index contributed by atoms with van der Waals surface area (Å²) in [5.74, 6) is 0.805. The van der Waals surface area contributed by atoms with E-state index in [1.54, 1.807) is 30.5 Å². The van der Waals surface area contributed by atoms with E-state index in [9.17, 15) is 9.90 Å². The Morgan fingerprint density at radius 2 is 2.29 bits per heavy atom.